The molecule has 0 rings (SSSR count). The second kappa shape index (κ2) is 4.27. The molecule has 0 saturated carbocycles. The van der Waals surface area contributed by atoms with E-state index in [1.54, 1.807) is 0 Å². The van der Waals surface area contributed by atoms with Crippen molar-refractivity contribution in [2.24, 2.45) is 0 Å². The smallest absolute Gasteiger partial charge is 1.00 e. The molecule has 0 atom stereocenters. The van der Waals surface area contributed by atoms with Crippen molar-refractivity contribution in [3.05, 3.63) is 0 Å². The quantitative estimate of drug-likeness (QED) is 0.381. The predicted octanol–water partition coefficient (Wildman–Crippen LogP) is -1.86. The van der Waals surface area contributed by atoms with Gasteiger partial charge < -0.3 is 0 Å². The summed E-state index contributed by atoms with van der Waals surface area (Å²) in [7, 11) is 30.4. The fourth-order valence-corrected chi connectivity index (χ4v) is 0. The van der Waals surface area contributed by atoms with E-state index in [0.717, 1.165) is 0 Å². The van der Waals surface area contributed by atoms with Crippen molar-refractivity contribution in [2.75, 3.05) is 0 Å². The van der Waals surface area contributed by atoms with E-state index in [0.29, 0.717) is 0 Å². The van der Waals surface area contributed by atoms with E-state index in [1.165, 1.54) is 0 Å². The van der Waals surface area contributed by atoms with E-state index in [9.17, 15) is 0 Å². The van der Waals surface area contributed by atoms with Crippen LogP contribution in [0.15, 0.2) is 0 Å². The molecule has 0 aromatic carbocycles. The second-order valence-electron chi connectivity index (χ2n) is 0.758. The molecule has 0 nitrogen and oxygen atoms in total. The monoisotopic (exact) mass is 448 g/mol. The molecule has 0 amide bonds. The Morgan fingerprint density at radius 1 is 0.556 bits per heavy atom. The van der Waals surface area contributed by atoms with E-state index in [-0.39, 0.29) is 59.1 Å². The van der Waals surface area contributed by atoms with Crippen LogP contribution < -0.4 is 59.1 Å². The van der Waals surface area contributed by atoms with Gasteiger partial charge in [-0.25, -0.2) is 0 Å². The normalized spacial score (nSPS) is 18.0. The predicted molar refractivity (Wildman–Crippen MR) is 35.1 cm³/mol. The first-order chi connectivity index (χ1) is 2.45. The van der Waals surface area contributed by atoms with Crippen LogP contribution in [0.1, 0.15) is 0 Å². The Morgan fingerprint density at radius 2 is 0.556 bits per heavy atom. The molecule has 0 aliphatic carbocycles. The molecule has 0 aliphatic rings. The molecule has 0 saturated heterocycles. The van der Waals surface area contributed by atoms with E-state index in [4.69, 9.17) is 57.8 Å². The molecule has 0 heterocycles. The van der Waals surface area contributed by atoms with E-state index >= 15 is 0 Å². The number of hydrogen-bond acceptors (Lipinski definition) is 0. The van der Waals surface area contributed by atoms with Crippen molar-refractivity contribution in [1.82, 2.24) is 0 Å². The molecule has 52 valence electrons. The minimum Gasteiger partial charge on any atom is 1.00 e. The summed E-state index contributed by atoms with van der Waals surface area (Å²) in [6.45, 7) is -5.38. The van der Waals surface area contributed by atoms with Gasteiger partial charge >= 0.3 is 124 Å². The molecular formula is Cl6Na2Os. The average molecular weight is 449 g/mol. The first-order valence-corrected chi connectivity index (χ1v) is 19.7. The third-order valence-electron chi connectivity index (χ3n) is 0. The standard InChI is InChI=1S/6ClH.2Na.Os/h6*1H;;;/q;;;;;;2*+1;+4/p-6. The van der Waals surface area contributed by atoms with Gasteiger partial charge in [-0.3, -0.25) is 0 Å². The Hall–Kier alpha value is 4.38. The summed E-state index contributed by atoms with van der Waals surface area (Å²) in [5.74, 6) is 0. The number of hydrogen-bond donors (Lipinski definition) is 0. The van der Waals surface area contributed by atoms with Gasteiger partial charge in [-0.15, -0.1) is 0 Å². The van der Waals surface area contributed by atoms with Gasteiger partial charge in [-0.05, 0) is 0 Å². The minimum absolute atomic E-state index is 0. The van der Waals surface area contributed by atoms with Gasteiger partial charge in [0.05, 0.1) is 0 Å². The van der Waals surface area contributed by atoms with Crippen molar-refractivity contribution in [3.8, 4) is 0 Å². The zero-order valence-electron chi connectivity index (χ0n) is 4.62. The topological polar surface area (TPSA) is 0 Å². The molecule has 9 heavy (non-hydrogen) atoms. The van der Waals surface area contributed by atoms with Crippen molar-refractivity contribution < 1.29 is 65.8 Å². The Bertz CT molecular complexity index is 69.6. The number of rotatable bonds is 0. The molecule has 0 fully saturated rings. The van der Waals surface area contributed by atoms with Gasteiger partial charge in [-0.1, -0.05) is 0 Å². The zero-order chi connectivity index (χ0) is 6.41. The van der Waals surface area contributed by atoms with Crippen LogP contribution in [0.25, 0.3) is 0 Å². The van der Waals surface area contributed by atoms with Crippen LogP contribution in [0.5, 0.6) is 0 Å². The summed E-state index contributed by atoms with van der Waals surface area (Å²) >= 11 is 0. The van der Waals surface area contributed by atoms with Crippen LogP contribution in [0, 0.1) is 0 Å². The molecule has 0 spiro atoms. The summed E-state index contributed by atoms with van der Waals surface area (Å²) in [4.78, 5) is 0. The maximum Gasteiger partial charge on any atom is 1.00 e. The van der Waals surface area contributed by atoms with Gasteiger partial charge in [0.1, 0.15) is 0 Å². The fourth-order valence-electron chi connectivity index (χ4n) is 0. The van der Waals surface area contributed by atoms with E-state index in [2.05, 4.69) is 0 Å². The largest absolute Gasteiger partial charge is 1.00 e. The van der Waals surface area contributed by atoms with Gasteiger partial charge in [0.2, 0.25) is 0 Å². The van der Waals surface area contributed by atoms with Crippen molar-refractivity contribution in [2.45, 2.75) is 0 Å². The van der Waals surface area contributed by atoms with Crippen molar-refractivity contribution >= 4 is 57.8 Å². The molecule has 0 radical (unpaired) electrons. The SMILES string of the molecule is [Cl][Os-2]([Cl])([Cl])([Cl])([Cl])[Cl].[Na+].[Na+]. The Balaban J connectivity index is -0.000000180. The zero-order valence-corrected chi connectivity index (χ0v) is 15.7. The first-order valence-electron chi connectivity index (χ1n) is 0.802. The summed E-state index contributed by atoms with van der Waals surface area (Å²) in [5.41, 5.74) is 0. The summed E-state index contributed by atoms with van der Waals surface area (Å²) in [6, 6.07) is 0. The maximum atomic E-state index is 5.06. The molecular weight excluding hydrogens is 449 g/mol. The van der Waals surface area contributed by atoms with Gasteiger partial charge in [0, 0.05) is 0 Å². The molecule has 0 aromatic rings. The Labute approximate surface area is 121 Å². The van der Waals surface area contributed by atoms with Crippen LogP contribution in [0.2, 0.25) is 0 Å². The van der Waals surface area contributed by atoms with Gasteiger partial charge in [0.15, 0.2) is 0 Å². The Morgan fingerprint density at radius 3 is 0.556 bits per heavy atom. The van der Waals surface area contributed by atoms with Crippen LogP contribution in [-0.2, 0) is 6.64 Å². The summed E-state index contributed by atoms with van der Waals surface area (Å²) in [6.07, 6.45) is 0. The molecule has 0 bridgehead atoms. The third kappa shape index (κ3) is 69.6. The van der Waals surface area contributed by atoms with Crippen LogP contribution in [0.3, 0.4) is 0 Å². The minimum atomic E-state index is -5.38. The molecule has 0 aliphatic heterocycles. The fraction of sp³-hybridized carbons (Fsp3) is 0. The summed E-state index contributed by atoms with van der Waals surface area (Å²) < 4.78 is 0. The van der Waals surface area contributed by atoms with Crippen LogP contribution >= 0.6 is 57.8 Å². The van der Waals surface area contributed by atoms with Crippen LogP contribution in [-0.4, -0.2) is 0 Å². The molecule has 0 unspecified atom stereocenters. The molecule has 0 N–H and O–H groups in total. The number of halogens is 6. The first kappa shape index (κ1) is 19.0. The summed E-state index contributed by atoms with van der Waals surface area (Å²) in [5, 5.41) is 0. The Kier molecular flexibility index (Phi) is 9.02. The average Bonchev–Trinajstić information content (AvgIpc) is 0.592. The molecule has 9 heteroatoms. The van der Waals surface area contributed by atoms with E-state index < -0.39 is 6.64 Å². The van der Waals surface area contributed by atoms with E-state index in [1.807, 2.05) is 0 Å². The van der Waals surface area contributed by atoms with Gasteiger partial charge in [0.25, 0.3) is 0 Å². The van der Waals surface area contributed by atoms with Gasteiger partial charge in [-0.2, -0.15) is 0 Å². The van der Waals surface area contributed by atoms with Crippen molar-refractivity contribution in [1.29, 1.82) is 0 Å². The maximum absolute atomic E-state index is 5.38. The third-order valence-corrected chi connectivity index (χ3v) is 0. The second-order valence-corrected chi connectivity index (χ2v) is 55.8. The van der Waals surface area contributed by atoms with Crippen LogP contribution in [0.4, 0.5) is 0 Å². The van der Waals surface area contributed by atoms with Crippen molar-refractivity contribution in [3.63, 3.8) is 0 Å². The molecule has 0 aromatic heterocycles.